The number of benzene rings is 2. The summed E-state index contributed by atoms with van der Waals surface area (Å²) in [6, 6.07) is 10.4. The van der Waals surface area contributed by atoms with Crippen molar-refractivity contribution in [1.82, 2.24) is 15.2 Å². The van der Waals surface area contributed by atoms with E-state index in [1.807, 2.05) is 0 Å². The first-order chi connectivity index (χ1) is 13.9. The van der Waals surface area contributed by atoms with Gasteiger partial charge in [0.1, 0.15) is 0 Å². The number of rotatable bonds is 6. The maximum Gasteiger partial charge on any atom is 0.278 e. The van der Waals surface area contributed by atoms with Crippen molar-refractivity contribution in [2.45, 2.75) is 23.8 Å². The lowest BCUT2D eigenvalue weighted by Gasteiger charge is -2.14. The molecule has 1 atom stereocenters. The van der Waals surface area contributed by atoms with Gasteiger partial charge in [-0.25, -0.2) is 13.2 Å². The summed E-state index contributed by atoms with van der Waals surface area (Å²) in [4.78, 5) is 27.3. The van der Waals surface area contributed by atoms with Crippen LogP contribution in [0.3, 0.4) is 0 Å². The maximum atomic E-state index is 13.8. The van der Waals surface area contributed by atoms with Crippen molar-refractivity contribution >= 4 is 23.4 Å². The number of hydrogen-bond acceptors (Lipinski definition) is 5. The molecule has 2 N–H and O–H groups in total. The number of hydrogen-bond donors (Lipinski definition) is 2. The van der Waals surface area contributed by atoms with Crippen molar-refractivity contribution in [3.05, 3.63) is 70.3 Å². The summed E-state index contributed by atoms with van der Waals surface area (Å²) in [7, 11) is 0. The summed E-state index contributed by atoms with van der Waals surface area (Å²) in [5, 5.41) is 9.38. The highest BCUT2D eigenvalue weighted by atomic mass is 32.2. The number of aromatic nitrogens is 3. The largest absolute Gasteiger partial charge is 0.323 e. The highest BCUT2D eigenvalue weighted by molar-refractivity contribution is 8.00. The highest BCUT2D eigenvalue weighted by Crippen LogP contribution is 2.25. The molecule has 150 valence electrons. The lowest BCUT2D eigenvalue weighted by molar-refractivity contribution is -0.115. The first kappa shape index (κ1) is 20.6. The molecule has 0 radical (unpaired) electrons. The fourth-order valence-electron chi connectivity index (χ4n) is 2.45. The van der Waals surface area contributed by atoms with E-state index in [-0.39, 0.29) is 10.9 Å². The number of nitrogens with zero attached hydrogens (tertiary/aromatic N) is 2. The van der Waals surface area contributed by atoms with Crippen molar-refractivity contribution in [2.24, 2.45) is 0 Å². The molecule has 3 rings (SSSR count). The Morgan fingerprint density at radius 2 is 1.83 bits per heavy atom. The molecule has 1 aromatic heterocycles. The Morgan fingerprint density at radius 1 is 1.10 bits per heavy atom. The summed E-state index contributed by atoms with van der Waals surface area (Å²) in [6.45, 7) is 1.70. The lowest BCUT2D eigenvalue weighted by atomic mass is 10.2. The molecule has 0 aliphatic rings. The van der Waals surface area contributed by atoms with Gasteiger partial charge in [0.25, 0.3) is 5.56 Å². The van der Waals surface area contributed by atoms with Crippen molar-refractivity contribution in [2.75, 3.05) is 5.32 Å². The van der Waals surface area contributed by atoms with Gasteiger partial charge in [-0.3, -0.25) is 14.6 Å². The van der Waals surface area contributed by atoms with Crippen molar-refractivity contribution in [1.29, 1.82) is 0 Å². The quantitative estimate of drug-likeness (QED) is 0.468. The topological polar surface area (TPSA) is 87.7 Å². The molecule has 0 spiro atoms. The molecule has 0 aliphatic heterocycles. The number of thioether (sulfide) groups is 1. The van der Waals surface area contributed by atoms with Crippen molar-refractivity contribution < 1.29 is 18.0 Å². The van der Waals surface area contributed by atoms with E-state index in [2.05, 4.69) is 20.5 Å². The molecular formula is C19H15F3N4O2S. The Balaban J connectivity index is 1.76. The average Bonchev–Trinajstić information content (AvgIpc) is 2.73. The number of anilines is 1. The highest BCUT2D eigenvalue weighted by Gasteiger charge is 2.23. The molecule has 0 saturated heterocycles. The van der Waals surface area contributed by atoms with Gasteiger partial charge in [0.05, 0.1) is 10.9 Å². The number of carbonyl (C=O) groups is 1. The van der Waals surface area contributed by atoms with Gasteiger partial charge in [0.15, 0.2) is 28.3 Å². The van der Waals surface area contributed by atoms with Gasteiger partial charge in [-0.05, 0) is 18.6 Å². The van der Waals surface area contributed by atoms with Crippen LogP contribution >= 0.6 is 11.8 Å². The van der Waals surface area contributed by atoms with Crippen LogP contribution in [0.1, 0.15) is 13.3 Å². The summed E-state index contributed by atoms with van der Waals surface area (Å²) in [5.41, 5.74) is -0.227. The molecule has 1 unspecified atom stereocenters. The first-order valence-electron chi connectivity index (χ1n) is 8.54. The molecule has 2 aromatic carbocycles. The van der Waals surface area contributed by atoms with Crippen LogP contribution in [0.4, 0.5) is 18.9 Å². The monoisotopic (exact) mass is 420 g/mol. The predicted octanol–water partition coefficient (Wildman–Crippen LogP) is 3.76. The van der Waals surface area contributed by atoms with Crippen LogP contribution in [0.5, 0.6) is 0 Å². The van der Waals surface area contributed by atoms with E-state index in [0.717, 1.165) is 17.8 Å². The zero-order chi connectivity index (χ0) is 21.0. The van der Waals surface area contributed by atoms with Crippen LogP contribution in [0.15, 0.2) is 52.4 Å². The van der Waals surface area contributed by atoms with Crippen molar-refractivity contribution in [3.63, 3.8) is 0 Å². The Hall–Kier alpha value is -3.14. The SMILES string of the molecule is CCC(Sc1nnc(-c2ccccc2)c(=O)[nH]1)C(=O)Nc1ccc(F)c(F)c1F. The fourth-order valence-corrected chi connectivity index (χ4v) is 3.29. The zero-order valence-electron chi connectivity index (χ0n) is 15.1. The normalized spacial score (nSPS) is 11.9. The third-order valence-electron chi connectivity index (χ3n) is 3.93. The fraction of sp³-hybridized carbons (Fsp3) is 0.158. The van der Waals surface area contributed by atoms with E-state index in [1.165, 1.54) is 0 Å². The Kier molecular flexibility index (Phi) is 6.32. The van der Waals surface area contributed by atoms with E-state index < -0.39 is 39.9 Å². The smallest absolute Gasteiger partial charge is 0.278 e. The van der Waals surface area contributed by atoms with E-state index in [0.29, 0.717) is 18.1 Å². The van der Waals surface area contributed by atoms with Gasteiger partial charge >= 0.3 is 0 Å². The number of amides is 1. The van der Waals surface area contributed by atoms with Gasteiger partial charge in [0.2, 0.25) is 5.91 Å². The Bertz CT molecular complexity index is 1090. The first-order valence-corrected chi connectivity index (χ1v) is 9.42. The number of carbonyl (C=O) groups excluding carboxylic acids is 1. The standard InChI is InChI=1S/C19H15F3N4O2S/c1-2-13(17(27)23-12-9-8-11(20)14(21)15(12)22)29-19-24-18(28)16(25-26-19)10-6-4-3-5-7-10/h3-9,13H,2H2,1H3,(H,23,27)(H,24,26,28). The lowest BCUT2D eigenvalue weighted by Crippen LogP contribution is -2.26. The van der Waals surface area contributed by atoms with E-state index >= 15 is 0 Å². The summed E-state index contributed by atoms with van der Waals surface area (Å²) >= 11 is 0.916. The van der Waals surface area contributed by atoms with Crippen LogP contribution in [-0.2, 0) is 4.79 Å². The number of halogens is 3. The predicted molar refractivity (Wildman–Crippen MR) is 103 cm³/mol. The summed E-state index contributed by atoms with van der Waals surface area (Å²) in [6.07, 6.45) is 0.298. The van der Waals surface area contributed by atoms with E-state index in [4.69, 9.17) is 0 Å². The molecule has 6 nitrogen and oxygen atoms in total. The molecule has 0 fully saturated rings. The molecule has 3 aromatic rings. The molecule has 0 saturated carbocycles. The number of H-pyrrole nitrogens is 1. The summed E-state index contributed by atoms with van der Waals surface area (Å²) < 4.78 is 40.1. The van der Waals surface area contributed by atoms with Crippen LogP contribution in [0, 0.1) is 17.5 Å². The molecular weight excluding hydrogens is 405 g/mol. The molecule has 1 amide bonds. The molecule has 10 heteroatoms. The Morgan fingerprint density at radius 3 is 2.48 bits per heavy atom. The molecule has 0 aliphatic carbocycles. The minimum atomic E-state index is -1.67. The van der Waals surface area contributed by atoms with Gasteiger partial charge in [0, 0.05) is 5.56 Å². The third kappa shape index (κ3) is 4.65. The van der Waals surface area contributed by atoms with Gasteiger partial charge in [-0.1, -0.05) is 49.0 Å². The van der Waals surface area contributed by atoms with Gasteiger partial charge in [-0.15, -0.1) is 10.2 Å². The van der Waals surface area contributed by atoms with E-state index in [9.17, 15) is 22.8 Å². The third-order valence-corrected chi connectivity index (χ3v) is 5.17. The molecule has 0 bridgehead atoms. The molecule has 29 heavy (non-hydrogen) atoms. The average molecular weight is 420 g/mol. The van der Waals surface area contributed by atoms with Crippen LogP contribution < -0.4 is 10.9 Å². The Labute approximate surface area is 167 Å². The second kappa shape index (κ2) is 8.91. The minimum Gasteiger partial charge on any atom is -0.323 e. The second-order valence-electron chi connectivity index (χ2n) is 5.90. The van der Waals surface area contributed by atoms with Crippen LogP contribution in [0.25, 0.3) is 11.3 Å². The molecule has 1 heterocycles. The minimum absolute atomic E-state index is 0.0995. The summed E-state index contributed by atoms with van der Waals surface area (Å²) in [5.74, 6) is -5.17. The van der Waals surface area contributed by atoms with Gasteiger partial charge < -0.3 is 5.32 Å². The maximum absolute atomic E-state index is 13.8. The number of aromatic amines is 1. The van der Waals surface area contributed by atoms with Crippen LogP contribution in [0.2, 0.25) is 0 Å². The van der Waals surface area contributed by atoms with Crippen molar-refractivity contribution in [3.8, 4) is 11.3 Å². The van der Waals surface area contributed by atoms with E-state index in [1.54, 1.807) is 37.3 Å². The number of nitrogens with one attached hydrogen (secondary N) is 2. The second-order valence-corrected chi connectivity index (χ2v) is 7.09. The van der Waals surface area contributed by atoms with Gasteiger partial charge in [-0.2, -0.15) is 0 Å². The zero-order valence-corrected chi connectivity index (χ0v) is 15.9. The van der Waals surface area contributed by atoms with Crippen LogP contribution in [-0.4, -0.2) is 26.3 Å².